The third-order valence-electron chi connectivity index (χ3n) is 3.30. The van der Waals surface area contributed by atoms with Crippen molar-refractivity contribution in [2.24, 2.45) is 0 Å². The summed E-state index contributed by atoms with van der Waals surface area (Å²) in [7, 11) is 0. The molecule has 0 saturated heterocycles. The molecule has 0 unspecified atom stereocenters. The minimum absolute atomic E-state index is 0.431. The molecule has 2 N–H and O–H groups in total. The number of hydrogen-bond donors (Lipinski definition) is 0. The summed E-state index contributed by atoms with van der Waals surface area (Å²) in [5.41, 5.74) is 2.06. The van der Waals surface area contributed by atoms with Gasteiger partial charge in [0.2, 0.25) is 0 Å². The van der Waals surface area contributed by atoms with Gasteiger partial charge in [0.15, 0.2) is 0 Å². The van der Waals surface area contributed by atoms with E-state index in [-0.39, 0.29) is 0 Å². The van der Waals surface area contributed by atoms with Gasteiger partial charge in [0.1, 0.15) is 18.2 Å². The summed E-state index contributed by atoms with van der Waals surface area (Å²) >= 11 is 0. The molecule has 3 rings (SSSR count). The summed E-state index contributed by atoms with van der Waals surface area (Å²) in [4.78, 5) is 4.37. The number of ether oxygens (including phenoxy) is 1. The molecule has 0 fully saturated rings. The number of nitrogens with zero attached hydrogens (tertiary/aromatic N) is 2. The molecule has 0 amide bonds. The molecule has 4 nitrogen and oxygen atoms in total. The summed E-state index contributed by atoms with van der Waals surface area (Å²) < 4.78 is 7.79. The van der Waals surface area contributed by atoms with Gasteiger partial charge >= 0.3 is 0 Å². The third-order valence-corrected chi connectivity index (χ3v) is 3.30. The van der Waals surface area contributed by atoms with Crippen LogP contribution in [-0.4, -0.2) is 21.3 Å². The second kappa shape index (κ2) is 10.3. The molecule has 0 saturated carbocycles. The Morgan fingerprint density at radius 3 is 2.75 bits per heavy atom. The summed E-state index contributed by atoms with van der Waals surface area (Å²) in [5, 5.41) is 7.75. The highest BCUT2D eigenvalue weighted by Crippen LogP contribution is 2.33. The van der Waals surface area contributed by atoms with Crippen LogP contribution in [0.15, 0.2) is 49.3 Å². The number of rotatable bonds is 4. The van der Waals surface area contributed by atoms with Gasteiger partial charge in [-0.05, 0) is 12.5 Å². The molecule has 1 aromatic carbocycles. The lowest BCUT2D eigenvalue weighted by Gasteiger charge is -2.19. The van der Waals surface area contributed by atoms with Crippen LogP contribution >= 0.6 is 0 Å². The first-order chi connectivity index (χ1) is 11.8. The first-order valence-electron chi connectivity index (χ1n) is 8.62. The monoisotopic (exact) mass is 329 g/mol. The average Bonchev–Trinajstić information content (AvgIpc) is 3.12. The van der Waals surface area contributed by atoms with E-state index in [0.29, 0.717) is 18.1 Å². The lowest BCUT2D eigenvalue weighted by Crippen LogP contribution is -2.09. The average molecular weight is 329 g/mol. The molecule has 4 heteroatoms. The van der Waals surface area contributed by atoms with Crippen molar-refractivity contribution in [2.45, 2.75) is 40.5 Å². The van der Waals surface area contributed by atoms with E-state index >= 15 is 0 Å². The molecule has 0 aliphatic carbocycles. The first-order valence-corrected chi connectivity index (χ1v) is 8.62. The van der Waals surface area contributed by atoms with Crippen molar-refractivity contribution >= 4 is 5.70 Å². The van der Waals surface area contributed by atoms with Gasteiger partial charge in [-0.2, -0.15) is 0 Å². The molecule has 0 radical (unpaired) electrons. The van der Waals surface area contributed by atoms with Gasteiger partial charge in [0.25, 0.3) is 5.75 Å². The maximum Gasteiger partial charge on any atom is 0.257 e. The molecule has 24 heavy (non-hydrogen) atoms. The van der Waals surface area contributed by atoms with Crippen LogP contribution in [0, 0.1) is 0 Å². The van der Waals surface area contributed by atoms with Crippen molar-refractivity contribution < 1.29 is 9.84 Å². The van der Waals surface area contributed by atoms with Crippen LogP contribution in [0.3, 0.4) is 0 Å². The second-order valence-corrected chi connectivity index (χ2v) is 4.65. The number of imidazole rings is 1. The van der Waals surface area contributed by atoms with E-state index in [0.717, 1.165) is 29.9 Å². The number of hydrogen-bond acceptors (Lipinski definition) is 2. The Balaban J connectivity index is 0.000000671. The molecule has 130 valence electrons. The van der Waals surface area contributed by atoms with Crippen molar-refractivity contribution in [1.29, 1.82) is 0 Å². The van der Waals surface area contributed by atoms with Crippen LogP contribution in [0.1, 0.15) is 45.5 Å². The second-order valence-electron chi connectivity index (χ2n) is 4.65. The van der Waals surface area contributed by atoms with Gasteiger partial charge < -0.3 is 14.4 Å². The molecule has 0 spiro atoms. The Kier molecular flexibility index (Phi) is 8.41. The molecule has 1 aliphatic rings. The SMILES string of the molecule is C=CCOc1cc([OH2+])ccc1C1=CCCc2nccn21.CC.CC. The Morgan fingerprint density at radius 2 is 2.04 bits per heavy atom. The molecule has 2 heterocycles. The van der Waals surface area contributed by atoms with Crippen molar-refractivity contribution in [3.63, 3.8) is 0 Å². The molecule has 0 atom stereocenters. The largest absolute Gasteiger partial charge is 0.593 e. The van der Waals surface area contributed by atoms with Crippen molar-refractivity contribution in [2.75, 3.05) is 6.61 Å². The van der Waals surface area contributed by atoms with E-state index in [1.165, 1.54) is 0 Å². The Labute approximate surface area is 145 Å². The zero-order valence-corrected chi connectivity index (χ0v) is 15.2. The van der Waals surface area contributed by atoms with Crippen LogP contribution in [0.2, 0.25) is 0 Å². The zero-order chi connectivity index (χ0) is 17.9. The maximum atomic E-state index is 7.75. The van der Waals surface area contributed by atoms with E-state index in [9.17, 15) is 0 Å². The lowest BCUT2D eigenvalue weighted by atomic mass is 10.1. The normalized spacial score (nSPS) is 11.8. The third kappa shape index (κ3) is 4.51. The van der Waals surface area contributed by atoms with Gasteiger partial charge in [-0.1, -0.05) is 46.4 Å². The van der Waals surface area contributed by atoms with Crippen LogP contribution in [0.4, 0.5) is 0 Å². The molecular weight excluding hydrogens is 300 g/mol. The van der Waals surface area contributed by atoms with E-state index in [1.807, 2.05) is 46.2 Å². The van der Waals surface area contributed by atoms with Crippen molar-refractivity contribution in [3.05, 3.63) is 60.7 Å². The van der Waals surface area contributed by atoms with Gasteiger partial charge in [0.05, 0.1) is 11.8 Å². The summed E-state index contributed by atoms with van der Waals surface area (Å²) in [6.45, 7) is 12.1. The highest BCUT2D eigenvalue weighted by atomic mass is 16.5. The zero-order valence-electron chi connectivity index (χ0n) is 15.2. The number of fused-ring (bicyclic) bond motifs is 1. The molecule has 2 aromatic rings. The van der Waals surface area contributed by atoms with Crippen molar-refractivity contribution in [1.82, 2.24) is 9.55 Å². The smallest absolute Gasteiger partial charge is 0.257 e. The van der Waals surface area contributed by atoms with Crippen LogP contribution < -0.4 is 4.74 Å². The number of benzene rings is 1. The number of aromatic nitrogens is 2. The highest BCUT2D eigenvalue weighted by Gasteiger charge is 2.18. The predicted octanol–water partition coefficient (Wildman–Crippen LogP) is 4.77. The van der Waals surface area contributed by atoms with Gasteiger partial charge in [-0.25, -0.2) is 4.98 Å². The van der Waals surface area contributed by atoms with E-state index < -0.39 is 0 Å². The van der Waals surface area contributed by atoms with Crippen molar-refractivity contribution in [3.8, 4) is 11.5 Å². The van der Waals surface area contributed by atoms with Crippen LogP contribution in [-0.2, 0) is 6.42 Å². The minimum atomic E-state index is 0.431. The highest BCUT2D eigenvalue weighted by molar-refractivity contribution is 5.72. The molecular formula is C20H29N2O2+. The summed E-state index contributed by atoms with van der Waals surface area (Å²) in [6, 6.07) is 5.45. The molecule has 1 aliphatic heterocycles. The minimum Gasteiger partial charge on any atom is -0.593 e. The van der Waals surface area contributed by atoms with E-state index in [2.05, 4.69) is 22.2 Å². The quantitative estimate of drug-likeness (QED) is 0.599. The fraction of sp³-hybridized carbons (Fsp3) is 0.350. The Morgan fingerprint density at radius 1 is 1.29 bits per heavy atom. The standard InChI is InChI=1S/C16H16N2O2.2C2H6/c1-2-10-20-15-11-12(19)6-7-13(15)14-4-3-5-16-17-8-9-18(14)16;2*1-2/h2,4,6-9,11,19H,1,3,5,10H2;2*1-2H3/p+1. The van der Waals surface area contributed by atoms with Gasteiger partial charge in [0, 0.05) is 30.4 Å². The predicted molar refractivity (Wildman–Crippen MR) is 102 cm³/mol. The van der Waals surface area contributed by atoms with E-state index in [1.54, 1.807) is 18.2 Å². The maximum absolute atomic E-state index is 7.75. The lowest BCUT2D eigenvalue weighted by molar-refractivity contribution is 0.358. The van der Waals surface area contributed by atoms with Crippen LogP contribution in [0.25, 0.3) is 5.70 Å². The van der Waals surface area contributed by atoms with Crippen LogP contribution in [0.5, 0.6) is 11.5 Å². The van der Waals surface area contributed by atoms with E-state index in [4.69, 9.17) is 9.84 Å². The summed E-state index contributed by atoms with van der Waals surface area (Å²) in [6.07, 6.45) is 9.60. The summed E-state index contributed by atoms with van der Waals surface area (Å²) in [5.74, 6) is 2.22. The van der Waals surface area contributed by atoms with Gasteiger partial charge in [-0.3, -0.25) is 0 Å². The number of aryl methyl sites for hydroxylation is 1. The van der Waals surface area contributed by atoms with Gasteiger partial charge in [-0.15, -0.1) is 0 Å². The Hall–Kier alpha value is -2.49. The first kappa shape index (κ1) is 19.6. The fourth-order valence-electron chi connectivity index (χ4n) is 2.42. The Bertz CT molecular complexity index is 672. The fourth-order valence-corrected chi connectivity index (χ4v) is 2.42. The topological polar surface area (TPSA) is 49.9 Å². The molecule has 0 bridgehead atoms. The molecule has 1 aromatic heterocycles. The number of allylic oxidation sites excluding steroid dienone is 1.